The van der Waals surface area contributed by atoms with Crippen LogP contribution in [-0.4, -0.2) is 55.0 Å². The molecule has 6 nitrogen and oxygen atoms in total. The Kier molecular flexibility index (Phi) is 11.3. The maximum Gasteiger partial charge on any atom is 0.184 e. The molecule has 0 aromatic rings. The first-order valence-electron chi connectivity index (χ1n) is 22.1. The highest BCUT2D eigenvalue weighted by atomic mass is 16.7. The lowest BCUT2D eigenvalue weighted by atomic mass is 9.47. The lowest BCUT2D eigenvalue weighted by molar-refractivity contribution is -0.344. The Morgan fingerprint density at radius 2 is 1.42 bits per heavy atom. The normalized spacial score (nSPS) is 54.5. The summed E-state index contributed by atoms with van der Waals surface area (Å²) in [5.74, 6) is 5.18. The lowest BCUT2D eigenvalue weighted by Gasteiger charge is -2.57. The highest BCUT2D eigenvalue weighted by Gasteiger charge is 2.61. The van der Waals surface area contributed by atoms with E-state index < -0.39 is 6.29 Å². The number of carbonyl (C=O) groups is 1. The van der Waals surface area contributed by atoms with Crippen molar-refractivity contribution < 1.29 is 28.5 Å². The highest BCUT2D eigenvalue weighted by Crippen LogP contribution is 2.67. The molecule has 7 rings (SSSR count). The predicted molar refractivity (Wildman–Crippen MR) is 206 cm³/mol. The minimum atomic E-state index is -0.455. The summed E-state index contributed by atoms with van der Waals surface area (Å²) in [5, 5.41) is 0. The van der Waals surface area contributed by atoms with Gasteiger partial charge in [-0.05, 0) is 148 Å². The van der Waals surface area contributed by atoms with Crippen LogP contribution in [0.3, 0.4) is 0 Å². The van der Waals surface area contributed by atoms with E-state index in [9.17, 15) is 4.79 Å². The molecule has 3 heterocycles. The molecule has 0 bridgehead atoms. The number of hydrogen-bond donors (Lipinski definition) is 0. The van der Waals surface area contributed by atoms with Crippen molar-refractivity contribution in [3.05, 3.63) is 11.6 Å². The van der Waals surface area contributed by atoms with Gasteiger partial charge in [-0.1, -0.05) is 74.8 Å². The largest absolute Gasteiger partial charge is 0.375 e. The zero-order chi connectivity index (χ0) is 37.4. The number of ketones is 1. The summed E-state index contributed by atoms with van der Waals surface area (Å²) >= 11 is 0. The average molecular weight is 725 g/mol. The van der Waals surface area contributed by atoms with Gasteiger partial charge in [0, 0.05) is 11.8 Å². The van der Waals surface area contributed by atoms with E-state index in [0.29, 0.717) is 71.3 Å². The Hall–Kier alpha value is -0.790. The Morgan fingerprint density at radius 3 is 2.13 bits per heavy atom. The van der Waals surface area contributed by atoms with Crippen LogP contribution >= 0.6 is 0 Å². The summed E-state index contributed by atoms with van der Waals surface area (Å²) in [6, 6.07) is 0. The van der Waals surface area contributed by atoms with E-state index in [1.54, 1.807) is 0 Å². The van der Waals surface area contributed by atoms with E-state index >= 15 is 0 Å². The summed E-state index contributed by atoms with van der Waals surface area (Å²) in [7, 11) is 0. The number of carbonyl (C=O) groups excluding carboxylic acids is 1. The minimum absolute atomic E-state index is 0.00443. The van der Waals surface area contributed by atoms with Gasteiger partial charge in [-0.2, -0.15) is 0 Å². The molecule has 0 aromatic carbocycles. The molecule has 21 atom stereocenters. The first-order chi connectivity index (χ1) is 24.6. The molecule has 0 aromatic heterocycles. The monoisotopic (exact) mass is 725 g/mol. The van der Waals surface area contributed by atoms with E-state index in [2.05, 4.69) is 89.2 Å². The van der Waals surface area contributed by atoms with Crippen molar-refractivity contribution in [2.45, 2.75) is 196 Å². The van der Waals surface area contributed by atoms with Crippen LogP contribution in [0.1, 0.15) is 147 Å². The van der Waals surface area contributed by atoms with Crippen molar-refractivity contribution in [3.63, 3.8) is 0 Å². The number of fused-ring (bicyclic) bond motifs is 5. The van der Waals surface area contributed by atoms with Crippen molar-refractivity contribution >= 4 is 5.78 Å². The third-order valence-electron chi connectivity index (χ3n) is 18.0. The standard InChI is InChI=1S/C46H76O6/c1-13-40-27(5)28(6)42(52-43-29(7)25(3)26(4)32(10)49-43)44(51-40)50-33-18-20-46(12)37-19-21-45(11)35(30(8)41-17-14-24(2)31(9)48-41)15-16-36(45)34(37)23-39(47)38(46)22-33/h23-33,35-38,40-44H,13-22H2,1-12H3/t24?,25?,26?,27?,28?,29?,30-,31?,32?,33-,35+,36-,37?,38+,40?,41?,42?,43?,44?,45+,46+/m0/s1. The molecule has 6 heteroatoms. The van der Waals surface area contributed by atoms with Crippen LogP contribution in [0.2, 0.25) is 0 Å². The first-order valence-corrected chi connectivity index (χ1v) is 22.1. The van der Waals surface area contributed by atoms with Gasteiger partial charge in [-0.25, -0.2) is 0 Å². The number of ether oxygens (including phenoxy) is 5. The van der Waals surface area contributed by atoms with Crippen molar-refractivity contribution in [2.75, 3.05) is 0 Å². The fourth-order valence-corrected chi connectivity index (χ4v) is 13.3. The van der Waals surface area contributed by atoms with Crippen molar-refractivity contribution in [1.82, 2.24) is 0 Å². The van der Waals surface area contributed by atoms with Crippen LogP contribution in [0.25, 0.3) is 0 Å². The fourth-order valence-electron chi connectivity index (χ4n) is 13.3. The Morgan fingerprint density at radius 1 is 0.712 bits per heavy atom. The molecule has 0 amide bonds. The number of allylic oxidation sites excluding steroid dienone is 2. The second kappa shape index (κ2) is 14.9. The van der Waals surface area contributed by atoms with Gasteiger partial charge in [0.15, 0.2) is 18.4 Å². The number of hydrogen-bond acceptors (Lipinski definition) is 6. The molecule has 52 heavy (non-hydrogen) atoms. The van der Waals surface area contributed by atoms with Gasteiger partial charge in [0.05, 0.1) is 30.5 Å². The zero-order valence-electron chi connectivity index (χ0n) is 35.1. The molecule has 0 spiro atoms. The van der Waals surface area contributed by atoms with Crippen LogP contribution in [0.4, 0.5) is 0 Å². The second-order valence-electron chi connectivity index (χ2n) is 20.3. The van der Waals surface area contributed by atoms with Crippen LogP contribution < -0.4 is 0 Å². The second-order valence-corrected chi connectivity index (χ2v) is 20.3. The van der Waals surface area contributed by atoms with E-state index in [4.69, 9.17) is 23.7 Å². The van der Waals surface area contributed by atoms with Gasteiger partial charge >= 0.3 is 0 Å². The van der Waals surface area contributed by atoms with Crippen molar-refractivity contribution in [3.8, 4) is 0 Å². The maximum absolute atomic E-state index is 14.4. The van der Waals surface area contributed by atoms with E-state index in [0.717, 1.165) is 25.7 Å². The molecule has 4 aliphatic carbocycles. The molecule has 0 radical (unpaired) electrons. The predicted octanol–water partition coefficient (Wildman–Crippen LogP) is 10.4. The molecule has 6 fully saturated rings. The average Bonchev–Trinajstić information content (AvgIpc) is 3.47. The van der Waals surface area contributed by atoms with Crippen LogP contribution in [0.15, 0.2) is 11.6 Å². The van der Waals surface area contributed by atoms with Gasteiger partial charge in [-0.15, -0.1) is 0 Å². The maximum atomic E-state index is 14.4. The zero-order valence-corrected chi connectivity index (χ0v) is 35.1. The third-order valence-corrected chi connectivity index (χ3v) is 18.0. The summed E-state index contributed by atoms with van der Waals surface area (Å²) in [6.45, 7) is 28.0. The van der Waals surface area contributed by atoms with Gasteiger partial charge in [0.2, 0.25) is 0 Å². The Bertz CT molecular complexity index is 1310. The molecule has 3 saturated heterocycles. The summed E-state index contributed by atoms with van der Waals surface area (Å²) in [5.41, 5.74) is 1.76. The molecular weight excluding hydrogens is 648 g/mol. The quantitative estimate of drug-likeness (QED) is 0.261. The van der Waals surface area contributed by atoms with E-state index in [-0.39, 0.29) is 53.4 Å². The summed E-state index contributed by atoms with van der Waals surface area (Å²) in [6.07, 6.45) is 13.4. The van der Waals surface area contributed by atoms with Crippen LogP contribution in [0, 0.1) is 75.9 Å². The molecule has 0 N–H and O–H groups in total. The highest BCUT2D eigenvalue weighted by molar-refractivity contribution is 5.94. The fraction of sp³-hybridized carbons (Fsp3) is 0.935. The summed E-state index contributed by atoms with van der Waals surface area (Å²) < 4.78 is 33.9. The third kappa shape index (κ3) is 6.64. The minimum Gasteiger partial charge on any atom is -0.375 e. The van der Waals surface area contributed by atoms with Crippen molar-refractivity contribution in [1.29, 1.82) is 0 Å². The molecular formula is C46H76O6. The molecule has 7 aliphatic rings. The van der Waals surface area contributed by atoms with Crippen LogP contribution in [0.5, 0.6) is 0 Å². The van der Waals surface area contributed by atoms with Crippen molar-refractivity contribution in [2.24, 2.45) is 75.9 Å². The Balaban J connectivity index is 1.06. The Labute approximate surface area is 317 Å². The van der Waals surface area contributed by atoms with Gasteiger partial charge in [0.1, 0.15) is 6.10 Å². The van der Waals surface area contributed by atoms with E-state index in [1.807, 2.05) is 0 Å². The van der Waals surface area contributed by atoms with E-state index in [1.165, 1.54) is 44.1 Å². The smallest absolute Gasteiger partial charge is 0.184 e. The number of rotatable bonds is 7. The SMILES string of the molecule is CCC1OC(O[C@H]2CC[C@]3(C)C4CC[C@]5(C)[C@@H]([C@H](C)C6CCC(C)C(C)O6)CC[C@H]5C4=CC(=O)[C@H]3C2)C(OC2OC(C)C(C)C(C)C2C)C(C)C1C. The van der Waals surface area contributed by atoms with Crippen LogP contribution in [-0.2, 0) is 28.5 Å². The van der Waals surface area contributed by atoms with Gasteiger partial charge < -0.3 is 23.7 Å². The summed E-state index contributed by atoms with van der Waals surface area (Å²) in [4.78, 5) is 14.4. The molecule has 14 unspecified atom stereocenters. The molecule has 296 valence electrons. The lowest BCUT2D eigenvalue weighted by Crippen LogP contribution is -2.57. The van der Waals surface area contributed by atoms with Gasteiger partial charge in [-0.3, -0.25) is 4.79 Å². The first kappa shape index (κ1) is 39.4. The topological polar surface area (TPSA) is 63.2 Å². The molecule has 3 aliphatic heterocycles. The van der Waals surface area contributed by atoms with Gasteiger partial charge in [0.25, 0.3) is 0 Å². The molecule has 3 saturated carbocycles.